The summed E-state index contributed by atoms with van der Waals surface area (Å²) >= 11 is 0. The Bertz CT molecular complexity index is 911. The third kappa shape index (κ3) is 5.27. The number of carbonyl (C=O) groups is 2. The van der Waals surface area contributed by atoms with Gasteiger partial charge in [0, 0.05) is 6.08 Å². The van der Waals surface area contributed by atoms with E-state index < -0.39 is 24.0 Å². The summed E-state index contributed by atoms with van der Waals surface area (Å²) in [6.45, 7) is 1.82. The molecule has 1 fully saturated rings. The summed E-state index contributed by atoms with van der Waals surface area (Å²) in [6, 6.07) is 11.9. The Morgan fingerprint density at radius 1 is 1.39 bits per heavy atom. The molecule has 1 aromatic heterocycles. The lowest BCUT2D eigenvalue weighted by molar-refractivity contribution is -0.144. The molecule has 0 saturated heterocycles. The molecule has 1 aliphatic carbocycles. The van der Waals surface area contributed by atoms with Crippen LogP contribution in [0.25, 0.3) is 6.08 Å². The first-order valence-electron chi connectivity index (χ1n) is 9.00. The molecule has 1 heterocycles. The molecule has 3 rings (SSSR count). The van der Waals surface area contributed by atoms with E-state index in [4.69, 9.17) is 4.74 Å². The SMILES string of the molecule is C[C@@](C#N)(NC(=O)COC(=O)/C=C/c1cn(Cc2ccccc2)nn1)C1CC1. The first kappa shape index (κ1) is 19.3. The maximum Gasteiger partial charge on any atom is 0.331 e. The number of hydrogen-bond acceptors (Lipinski definition) is 6. The molecule has 1 amide bonds. The first-order valence-corrected chi connectivity index (χ1v) is 9.00. The molecule has 8 nitrogen and oxygen atoms in total. The summed E-state index contributed by atoms with van der Waals surface area (Å²) in [5.41, 5.74) is 0.684. The zero-order valence-corrected chi connectivity index (χ0v) is 15.5. The van der Waals surface area contributed by atoms with Gasteiger partial charge in [-0.2, -0.15) is 5.26 Å². The molecule has 0 unspecified atom stereocenters. The number of esters is 1. The highest BCUT2D eigenvalue weighted by molar-refractivity contribution is 5.89. The summed E-state index contributed by atoms with van der Waals surface area (Å²) in [4.78, 5) is 23.7. The number of nitrogens with one attached hydrogen (secondary N) is 1. The molecule has 8 heteroatoms. The Hall–Kier alpha value is -3.47. The molecular formula is C20H21N5O3. The molecule has 28 heavy (non-hydrogen) atoms. The van der Waals surface area contributed by atoms with Crippen LogP contribution in [0.1, 0.15) is 31.0 Å². The summed E-state index contributed by atoms with van der Waals surface area (Å²) in [6.07, 6.45) is 6.19. The number of benzene rings is 1. The van der Waals surface area contributed by atoms with E-state index in [-0.39, 0.29) is 5.92 Å². The maximum absolute atomic E-state index is 11.9. The van der Waals surface area contributed by atoms with Crippen LogP contribution in [0.5, 0.6) is 0 Å². The second kappa shape index (κ2) is 8.48. The fourth-order valence-corrected chi connectivity index (χ4v) is 2.78. The summed E-state index contributed by atoms with van der Waals surface area (Å²) < 4.78 is 6.58. The van der Waals surface area contributed by atoms with E-state index in [1.54, 1.807) is 17.8 Å². The smallest absolute Gasteiger partial charge is 0.331 e. The molecule has 0 radical (unpaired) electrons. The number of ether oxygens (including phenoxy) is 1. The van der Waals surface area contributed by atoms with Gasteiger partial charge in [0.05, 0.1) is 18.8 Å². The van der Waals surface area contributed by atoms with Gasteiger partial charge in [0.15, 0.2) is 6.61 Å². The van der Waals surface area contributed by atoms with Crippen molar-refractivity contribution in [3.05, 3.63) is 53.9 Å². The highest BCUT2D eigenvalue weighted by Gasteiger charge is 2.43. The van der Waals surface area contributed by atoms with Gasteiger partial charge in [-0.3, -0.25) is 4.79 Å². The monoisotopic (exact) mass is 379 g/mol. The molecule has 0 bridgehead atoms. The number of aromatic nitrogens is 3. The Balaban J connectivity index is 1.45. The number of nitrogens with zero attached hydrogens (tertiary/aromatic N) is 4. The van der Waals surface area contributed by atoms with Crippen molar-refractivity contribution in [2.24, 2.45) is 5.92 Å². The van der Waals surface area contributed by atoms with Gasteiger partial charge in [0.2, 0.25) is 0 Å². The van der Waals surface area contributed by atoms with Crippen molar-refractivity contribution in [3.8, 4) is 6.07 Å². The zero-order chi connectivity index (χ0) is 20.0. The van der Waals surface area contributed by atoms with Gasteiger partial charge >= 0.3 is 5.97 Å². The standard InChI is InChI=1S/C20H21N5O3/c1-20(14-21,16-7-8-16)22-18(26)13-28-19(27)10-9-17-12-25(24-23-17)11-15-5-3-2-4-6-15/h2-6,9-10,12,16H,7-8,11,13H2,1H3,(H,22,26)/b10-9+/t20-/m0/s1. The average molecular weight is 379 g/mol. The van der Waals surface area contributed by atoms with Crippen LogP contribution >= 0.6 is 0 Å². The highest BCUT2D eigenvalue weighted by atomic mass is 16.5. The van der Waals surface area contributed by atoms with E-state index >= 15 is 0 Å². The van der Waals surface area contributed by atoms with E-state index in [9.17, 15) is 14.9 Å². The number of nitriles is 1. The van der Waals surface area contributed by atoms with Crippen LogP contribution in [0.3, 0.4) is 0 Å². The summed E-state index contributed by atoms with van der Waals surface area (Å²) in [5.74, 6) is -1.00. The maximum atomic E-state index is 11.9. The number of amides is 1. The van der Waals surface area contributed by atoms with Gasteiger partial charge in [0.25, 0.3) is 5.91 Å². The van der Waals surface area contributed by atoms with Gasteiger partial charge in [-0.05, 0) is 37.3 Å². The Labute approximate surface area is 162 Å². The topological polar surface area (TPSA) is 110 Å². The van der Waals surface area contributed by atoms with Crippen molar-refractivity contribution in [2.45, 2.75) is 31.8 Å². The van der Waals surface area contributed by atoms with E-state index in [2.05, 4.69) is 21.7 Å². The second-order valence-electron chi connectivity index (χ2n) is 6.90. The largest absolute Gasteiger partial charge is 0.452 e. The van der Waals surface area contributed by atoms with Crippen LogP contribution < -0.4 is 5.32 Å². The molecule has 1 N–H and O–H groups in total. The van der Waals surface area contributed by atoms with Gasteiger partial charge in [-0.15, -0.1) is 5.10 Å². The van der Waals surface area contributed by atoms with Crippen molar-refractivity contribution in [1.29, 1.82) is 5.26 Å². The number of hydrogen-bond donors (Lipinski definition) is 1. The molecule has 144 valence electrons. The van der Waals surface area contributed by atoms with Crippen LogP contribution in [0.4, 0.5) is 0 Å². The van der Waals surface area contributed by atoms with Crippen molar-refractivity contribution < 1.29 is 14.3 Å². The normalized spacial score (nSPS) is 15.6. The van der Waals surface area contributed by atoms with E-state index in [0.717, 1.165) is 18.4 Å². The minimum atomic E-state index is -0.906. The Morgan fingerprint density at radius 3 is 2.82 bits per heavy atom. The van der Waals surface area contributed by atoms with Gasteiger partial charge < -0.3 is 10.1 Å². The molecule has 1 aromatic carbocycles. The Morgan fingerprint density at radius 2 is 2.14 bits per heavy atom. The van der Waals surface area contributed by atoms with E-state index in [1.165, 1.54) is 12.2 Å². The van der Waals surface area contributed by atoms with Crippen molar-refractivity contribution in [3.63, 3.8) is 0 Å². The molecule has 1 atom stereocenters. The van der Waals surface area contributed by atoms with Crippen molar-refractivity contribution in [1.82, 2.24) is 20.3 Å². The van der Waals surface area contributed by atoms with Crippen LogP contribution in [-0.4, -0.2) is 39.0 Å². The number of rotatable bonds is 8. The lowest BCUT2D eigenvalue weighted by atomic mass is 9.98. The van der Waals surface area contributed by atoms with Gasteiger partial charge in [-0.25, -0.2) is 9.48 Å². The van der Waals surface area contributed by atoms with Crippen LogP contribution in [0, 0.1) is 17.2 Å². The fraction of sp³-hybridized carbons (Fsp3) is 0.350. The zero-order valence-electron chi connectivity index (χ0n) is 15.5. The third-order valence-electron chi connectivity index (χ3n) is 4.50. The summed E-state index contributed by atoms with van der Waals surface area (Å²) in [7, 11) is 0. The minimum absolute atomic E-state index is 0.163. The van der Waals surface area contributed by atoms with Gasteiger partial charge in [-0.1, -0.05) is 35.5 Å². The van der Waals surface area contributed by atoms with Crippen LogP contribution in [0.15, 0.2) is 42.6 Å². The lowest BCUT2D eigenvalue weighted by Crippen LogP contribution is -2.48. The minimum Gasteiger partial charge on any atom is -0.452 e. The fourth-order valence-electron chi connectivity index (χ4n) is 2.78. The molecular weight excluding hydrogens is 358 g/mol. The van der Waals surface area contributed by atoms with Crippen LogP contribution in [0.2, 0.25) is 0 Å². The average Bonchev–Trinajstić information content (AvgIpc) is 3.47. The highest BCUT2D eigenvalue weighted by Crippen LogP contribution is 2.39. The predicted molar refractivity (Wildman–Crippen MR) is 100 cm³/mol. The van der Waals surface area contributed by atoms with Crippen molar-refractivity contribution in [2.75, 3.05) is 6.61 Å². The molecule has 1 saturated carbocycles. The van der Waals surface area contributed by atoms with Crippen LogP contribution in [-0.2, 0) is 20.9 Å². The molecule has 0 spiro atoms. The first-order chi connectivity index (χ1) is 13.5. The van der Waals surface area contributed by atoms with Crippen molar-refractivity contribution >= 4 is 18.0 Å². The predicted octanol–water partition coefficient (Wildman–Crippen LogP) is 1.69. The summed E-state index contributed by atoms with van der Waals surface area (Å²) in [5, 5.41) is 19.8. The number of carbonyl (C=O) groups excluding carboxylic acids is 2. The molecule has 2 aromatic rings. The lowest BCUT2D eigenvalue weighted by Gasteiger charge is -2.22. The molecule has 1 aliphatic rings. The third-order valence-corrected chi connectivity index (χ3v) is 4.50. The van der Waals surface area contributed by atoms with E-state index in [1.807, 2.05) is 30.3 Å². The van der Waals surface area contributed by atoms with Gasteiger partial charge in [0.1, 0.15) is 11.2 Å². The quantitative estimate of drug-likeness (QED) is 0.552. The van der Waals surface area contributed by atoms with E-state index in [0.29, 0.717) is 12.2 Å². The second-order valence-corrected chi connectivity index (χ2v) is 6.90. The molecule has 0 aliphatic heterocycles. The Kier molecular flexibility index (Phi) is 5.84.